The molecule has 2 N–H and O–H groups in total. The Morgan fingerprint density at radius 2 is 1.73 bits per heavy atom. The van der Waals surface area contributed by atoms with E-state index < -0.39 is 0 Å². The maximum atomic E-state index is 4.34. The predicted octanol–water partition coefficient (Wildman–Crippen LogP) is 3.54. The molecular weight excluding hydrogens is 437 g/mol. The molecule has 1 atom stereocenters. The molecule has 6 heteroatoms. The second-order valence-electron chi connectivity index (χ2n) is 7.94. The number of halogens is 1. The number of guanidine groups is 1. The van der Waals surface area contributed by atoms with Gasteiger partial charge in [-0.15, -0.1) is 24.0 Å². The van der Waals surface area contributed by atoms with Gasteiger partial charge in [0.05, 0.1) is 0 Å². The lowest BCUT2D eigenvalue weighted by Crippen LogP contribution is -2.45. The van der Waals surface area contributed by atoms with E-state index in [9.17, 15) is 0 Å². The maximum Gasteiger partial charge on any atom is 0.191 e. The lowest BCUT2D eigenvalue weighted by molar-refractivity contribution is 0.158. The van der Waals surface area contributed by atoms with Gasteiger partial charge in [-0.25, -0.2) is 0 Å². The third kappa shape index (κ3) is 10.3. The van der Waals surface area contributed by atoms with Gasteiger partial charge in [0.25, 0.3) is 0 Å². The minimum Gasteiger partial charge on any atom is -0.356 e. The molecule has 0 spiro atoms. The topological polar surface area (TPSA) is 42.9 Å². The third-order valence-electron chi connectivity index (χ3n) is 5.32. The number of aliphatic imine (C=N–C) groups is 1. The first-order valence-corrected chi connectivity index (χ1v) is 10.4. The SMILES string of the molecule is CN=C(NCCCCN1CCCCC1C)NCCN(C(C)C)C(C)C.I. The fourth-order valence-electron chi connectivity index (χ4n) is 3.77. The number of rotatable bonds is 10. The Balaban J connectivity index is 0.00000625. The molecule has 1 aliphatic rings. The molecule has 0 aromatic rings. The normalized spacial score (nSPS) is 19.1. The summed E-state index contributed by atoms with van der Waals surface area (Å²) >= 11 is 0. The average molecular weight is 482 g/mol. The molecule has 0 aromatic carbocycles. The summed E-state index contributed by atoms with van der Waals surface area (Å²) in [6.07, 6.45) is 6.63. The highest BCUT2D eigenvalue weighted by Crippen LogP contribution is 2.16. The van der Waals surface area contributed by atoms with E-state index in [1.165, 1.54) is 45.2 Å². The van der Waals surface area contributed by atoms with Crippen molar-refractivity contribution in [2.24, 2.45) is 4.99 Å². The Morgan fingerprint density at radius 1 is 1.08 bits per heavy atom. The molecule has 1 unspecified atom stereocenters. The fourth-order valence-corrected chi connectivity index (χ4v) is 3.77. The number of nitrogens with one attached hydrogen (secondary N) is 2. The van der Waals surface area contributed by atoms with Gasteiger partial charge in [-0.1, -0.05) is 6.42 Å². The second kappa shape index (κ2) is 14.9. The van der Waals surface area contributed by atoms with Crippen molar-refractivity contribution in [1.82, 2.24) is 20.4 Å². The van der Waals surface area contributed by atoms with Crippen LogP contribution in [-0.2, 0) is 0 Å². The molecule has 1 fully saturated rings. The molecule has 0 aliphatic carbocycles. The summed E-state index contributed by atoms with van der Waals surface area (Å²) in [5, 5.41) is 6.90. The van der Waals surface area contributed by atoms with Gasteiger partial charge in [0.15, 0.2) is 5.96 Å². The number of hydrogen-bond acceptors (Lipinski definition) is 3. The third-order valence-corrected chi connectivity index (χ3v) is 5.32. The van der Waals surface area contributed by atoms with Crippen molar-refractivity contribution in [2.45, 2.75) is 84.8 Å². The maximum absolute atomic E-state index is 4.34. The van der Waals surface area contributed by atoms with Crippen molar-refractivity contribution in [2.75, 3.05) is 39.8 Å². The Morgan fingerprint density at radius 3 is 2.31 bits per heavy atom. The van der Waals surface area contributed by atoms with Crippen LogP contribution < -0.4 is 10.6 Å². The first kappa shape index (κ1) is 25.9. The first-order valence-electron chi connectivity index (χ1n) is 10.4. The van der Waals surface area contributed by atoms with E-state index in [1.807, 2.05) is 7.05 Å². The van der Waals surface area contributed by atoms with Crippen LogP contribution in [0.1, 0.15) is 66.7 Å². The van der Waals surface area contributed by atoms with Gasteiger partial charge in [-0.3, -0.25) is 9.89 Å². The molecule has 5 nitrogen and oxygen atoms in total. The van der Waals surface area contributed by atoms with E-state index in [2.05, 4.69) is 60.0 Å². The molecule has 0 saturated carbocycles. The van der Waals surface area contributed by atoms with Crippen LogP contribution in [0.5, 0.6) is 0 Å². The molecule has 1 saturated heterocycles. The summed E-state index contributed by atoms with van der Waals surface area (Å²) < 4.78 is 0. The lowest BCUT2D eigenvalue weighted by atomic mass is 10.0. The number of hydrogen-bond donors (Lipinski definition) is 2. The van der Waals surface area contributed by atoms with Gasteiger partial charge >= 0.3 is 0 Å². The highest BCUT2D eigenvalue weighted by atomic mass is 127. The van der Waals surface area contributed by atoms with Gasteiger partial charge in [-0.2, -0.15) is 0 Å². The van der Waals surface area contributed by atoms with Gasteiger partial charge in [0.2, 0.25) is 0 Å². The number of unbranched alkanes of at least 4 members (excludes halogenated alkanes) is 1. The van der Waals surface area contributed by atoms with Crippen molar-refractivity contribution in [3.63, 3.8) is 0 Å². The Kier molecular flexibility index (Phi) is 14.9. The Labute approximate surface area is 179 Å². The number of piperidine rings is 1. The van der Waals surface area contributed by atoms with Crippen molar-refractivity contribution < 1.29 is 0 Å². The summed E-state index contributed by atoms with van der Waals surface area (Å²) in [6.45, 7) is 16.9. The molecule has 0 bridgehead atoms. The zero-order valence-electron chi connectivity index (χ0n) is 18.1. The summed E-state index contributed by atoms with van der Waals surface area (Å²) in [4.78, 5) is 9.50. The van der Waals surface area contributed by atoms with Crippen LogP contribution in [0.25, 0.3) is 0 Å². The van der Waals surface area contributed by atoms with Crippen molar-refractivity contribution in [3.8, 4) is 0 Å². The molecule has 1 aliphatic heterocycles. The van der Waals surface area contributed by atoms with E-state index in [4.69, 9.17) is 0 Å². The highest BCUT2D eigenvalue weighted by Gasteiger charge is 2.17. The number of likely N-dealkylation sites (tertiary alicyclic amines) is 1. The fraction of sp³-hybridized carbons (Fsp3) is 0.950. The van der Waals surface area contributed by atoms with Crippen LogP contribution in [0.2, 0.25) is 0 Å². The van der Waals surface area contributed by atoms with Crippen LogP contribution in [0.15, 0.2) is 4.99 Å². The van der Waals surface area contributed by atoms with Crippen molar-refractivity contribution in [3.05, 3.63) is 0 Å². The Hall–Kier alpha value is -0.0800. The molecule has 26 heavy (non-hydrogen) atoms. The second-order valence-corrected chi connectivity index (χ2v) is 7.94. The molecule has 0 radical (unpaired) electrons. The summed E-state index contributed by atoms with van der Waals surface area (Å²) in [6, 6.07) is 1.93. The van der Waals surface area contributed by atoms with Gasteiger partial charge in [0.1, 0.15) is 0 Å². The predicted molar refractivity (Wildman–Crippen MR) is 126 cm³/mol. The minimum absolute atomic E-state index is 0. The van der Waals surface area contributed by atoms with Crippen molar-refractivity contribution in [1.29, 1.82) is 0 Å². The molecule has 1 rings (SSSR count). The monoisotopic (exact) mass is 481 g/mol. The van der Waals surface area contributed by atoms with Crippen LogP contribution in [0, 0.1) is 0 Å². The molecule has 0 amide bonds. The average Bonchev–Trinajstić information content (AvgIpc) is 2.57. The largest absolute Gasteiger partial charge is 0.356 e. The zero-order valence-corrected chi connectivity index (χ0v) is 20.4. The summed E-state index contributed by atoms with van der Waals surface area (Å²) in [5.74, 6) is 0.929. The quantitative estimate of drug-likeness (QED) is 0.217. The summed E-state index contributed by atoms with van der Waals surface area (Å²) in [5.41, 5.74) is 0. The summed E-state index contributed by atoms with van der Waals surface area (Å²) in [7, 11) is 1.85. The molecule has 1 heterocycles. The van der Waals surface area contributed by atoms with E-state index in [0.717, 1.165) is 31.6 Å². The van der Waals surface area contributed by atoms with Crippen LogP contribution in [-0.4, -0.2) is 73.7 Å². The van der Waals surface area contributed by atoms with E-state index in [0.29, 0.717) is 12.1 Å². The number of nitrogens with zero attached hydrogens (tertiary/aromatic N) is 3. The van der Waals surface area contributed by atoms with Gasteiger partial charge < -0.3 is 15.5 Å². The van der Waals surface area contributed by atoms with Gasteiger partial charge in [0, 0.05) is 44.8 Å². The molecule has 0 aromatic heterocycles. The van der Waals surface area contributed by atoms with Crippen LogP contribution in [0.3, 0.4) is 0 Å². The van der Waals surface area contributed by atoms with E-state index in [1.54, 1.807) is 0 Å². The van der Waals surface area contributed by atoms with Crippen molar-refractivity contribution >= 4 is 29.9 Å². The first-order chi connectivity index (χ1) is 12.0. The van der Waals surface area contributed by atoms with Crippen LogP contribution >= 0.6 is 24.0 Å². The molecular formula is C20H44IN5. The highest BCUT2D eigenvalue weighted by molar-refractivity contribution is 14.0. The minimum atomic E-state index is 0. The lowest BCUT2D eigenvalue weighted by Gasteiger charge is -2.33. The van der Waals surface area contributed by atoms with E-state index in [-0.39, 0.29) is 24.0 Å². The smallest absolute Gasteiger partial charge is 0.191 e. The molecule has 156 valence electrons. The zero-order chi connectivity index (χ0) is 18.7. The standard InChI is InChI=1S/C20H43N5.HI/c1-17(2)25(18(3)4)16-13-23-20(21-6)22-12-8-10-15-24-14-9-7-11-19(24)5;/h17-19H,7-16H2,1-6H3,(H2,21,22,23);1H. The van der Waals surface area contributed by atoms with E-state index >= 15 is 0 Å². The Bertz CT molecular complexity index is 365. The van der Waals surface area contributed by atoms with Crippen LogP contribution in [0.4, 0.5) is 0 Å². The van der Waals surface area contributed by atoms with Gasteiger partial charge in [-0.05, 0) is 73.4 Å².